The Morgan fingerprint density at radius 3 is 2.88 bits per heavy atom. The highest BCUT2D eigenvalue weighted by Crippen LogP contribution is 2.40. The molecule has 0 aromatic heterocycles. The number of hydrogen-bond acceptors (Lipinski definition) is 5. The first-order chi connectivity index (χ1) is 11.6. The Labute approximate surface area is 144 Å². The van der Waals surface area contributed by atoms with Crippen molar-refractivity contribution in [1.82, 2.24) is 0 Å². The van der Waals surface area contributed by atoms with Crippen molar-refractivity contribution in [2.24, 2.45) is 4.99 Å². The molecule has 5 nitrogen and oxygen atoms in total. The van der Waals surface area contributed by atoms with E-state index in [2.05, 4.69) is 20.9 Å². The lowest BCUT2D eigenvalue weighted by molar-refractivity contribution is -0.129. The van der Waals surface area contributed by atoms with Gasteiger partial charge in [0, 0.05) is 0 Å². The molecule has 0 bridgehead atoms. The van der Waals surface area contributed by atoms with Gasteiger partial charge in [0.25, 0.3) is 0 Å². The van der Waals surface area contributed by atoms with Crippen molar-refractivity contribution in [1.29, 1.82) is 0 Å². The molecule has 0 amide bonds. The molecule has 0 unspecified atom stereocenters. The molecule has 24 heavy (non-hydrogen) atoms. The normalized spacial score (nSPS) is 17.2. The maximum atomic E-state index is 13.8. The Bertz CT molecular complexity index is 923. The molecule has 2 heterocycles. The molecule has 2 aromatic rings. The number of esters is 1. The summed E-state index contributed by atoms with van der Waals surface area (Å²) in [6, 6.07) is 9.47. The van der Waals surface area contributed by atoms with Crippen LogP contribution in [-0.2, 0) is 9.53 Å². The van der Waals surface area contributed by atoms with E-state index in [0.29, 0.717) is 21.5 Å². The number of rotatable bonds is 2. The molecule has 120 valence electrons. The first-order valence-corrected chi connectivity index (χ1v) is 7.78. The number of carbonyl (C=O) groups excluding carboxylic acids is 1. The first-order valence-electron chi connectivity index (χ1n) is 6.98. The van der Waals surface area contributed by atoms with Crippen LogP contribution in [0.5, 0.6) is 11.5 Å². The highest BCUT2D eigenvalue weighted by atomic mass is 79.9. The van der Waals surface area contributed by atoms with Gasteiger partial charge in [-0.05, 0) is 51.8 Å². The van der Waals surface area contributed by atoms with Crippen LogP contribution in [0.1, 0.15) is 11.1 Å². The zero-order chi connectivity index (χ0) is 16.7. The monoisotopic (exact) mass is 389 g/mol. The first kappa shape index (κ1) is 14.9. The third-order valence-electron chi connectivity index (χ3n) is 3.48. The summed E-state index contributed by atoms with van der Waals surface area (Å²) >= 11 is 3.38. The van der Waals surface area contributed by atoms with Gasteiger partial charge in [-0.25, -0.2) is 14.2 Å². The maximum Gasteiger partial charge on any atom is 0.363 e. The lowest BCUT2D eigenvalue weighted by Crippen LogP contribution is -2.07. The largest absolute Gasteiger partial charge is 0.454 e. The number of benzene rings is 2. The van der Waals surface area contributed by atoms with Crippen molar-refractivity contribution in [3.8, 4) is 11.5 Å². The number of fused-ring (bicyclic) bond motifs is 1. The number of cyclic esters (lactones) is 1. The summed E-state index contributed by atoms with van der Waals surface area (Å²) < 4.78 is 30.2. The lowest BCUT2D eigenvalue weighted by Gasteiger charge is -2.01. The van der Waals surface area contributed by atoms with Crippen molar-refractivity contribution in [2.75, 3.05) is 6.79 Å². The third kappa shape index (κ3) is 2.56. The van der Waals surface area contributed by atoms with E-state index >= 15 is 0 Å². The summed E-state index contributed by atoms with van der Waals surface area (Å²) in [6.45, 7) is 0.144. The minimum Gasteiger partial charge on any atom is -0.454 e. The summed E-state index contributed by atoms with van der Waals surface area (Å²) in [7, 11) is 0. The van der Waals surface area contributed by atoms with Crippen LogP contribution in [0.2, 0.25) is 0 Å². The van der Waals surface area contributed by atoms with E-state index < -0.39 is 11.8 Å². The molecule has 0 N–H and O–H groups in total. The molecule has 0 spiro atoms. The quantitative estimate of drug-likeness (QED) is 0.580. The molecule has 2 aromatic carbocycles. The van der Waals surface area contributed by atoms with Crippen molar-refractivity contribution in [2.45, 2.75) is 0 Å². The second-order valence-electron chi connectivity index (χ2n) is 5.05. The number of hydrogen-bond donors (Lipinski definition) is 0. The summed E-state index contributed by atoms with van der Waals surface area (Å²) in [5, 5.41) is 0. The molecular weight excluding hydrogens is 381 g/mol. The fourth-order valence-electron chi connectivity index (χ4n) is 2.39. The zero-order valence-corrected chi connectivity index (χ0v) is 13.7. The minimum absolute atomic E-state index is 0.0517. The van der Waals surface area contributed by atoms with Crippen LogP contribution in [0.25, 0.3) is 6.08 Å². The van der Waals surface area contributed by atoms with Gasteiger partial charge in [-0.3, -0.25) is 0 Å². The number of carbonyl (C=O) groups is 1. The van der Waals surface area contributed by atoms with Gasteiger partial charge in [0.05, 0.1) is 10.0 Å². The lowest BCUT2D eigenvalue weighted by atomic mass is 10.1. The molecule has 0 saturated heterocycles. The van der Waals surface area contributed by atoms with Gasteiger partial charge < -0.3 is 14.2 Å². The Hall–Kier alpha value is -2.67. The molecule has 2 aliphatic heterocycles. The Kier molecular flexibility index (Phi) is 3.57. The second kappa shape index (κ2) is 5.76. The van der Waals surface area contributed by atoms with Gasteiger partial charge in [0.2, 0.25) is 12.7 Å². The summed E-state index contributed by atoms with van der Waals surface area (Å²) in [6.07, 6.45) is 1.54. The molecule has 7 heteroatoms. The van der Waals surface area contributed by atoms with Gasteiger partial charge in [-0.2, -0.15) is 0 Å². The van der Waals surface area contributed by atoms with E-state index in [1.54, 1.807) is 30.3 Å². The van der Waals surface area contributed by atoms with Crippen molar-refractivity contribution in [3.63, 3.8) is 0 Å². The predicted molar refractivity (Wildman–Crippen MR) is 87.3 cm³/mol. The molecule has 0 atom stereocenters. The summed E-state index contributed by atoms with van der Waals surface area (Å²) in [4.78, 5) is 16.1. The van der Waals surface area contributed by atoms with Crippen LogP contribution < -0.4 is 9.47 Å². The Morgan fingerprint density at radius 1 is 1.21 bits per heavy atom. The molecule has 2 aliphatic rings. The summed E-state index contributed by atoms with van der Waals surface area (Å²) in [5.74, 6) is -0.00934. The fourth-order valence-corrected chi connectivity index (χ4v) is 2.96. The van der Waals surface area contributed by atoms with Gasteiger partial charge in [-0.15, -0.1) is 0 Å². The van der Waals surface area contributed by atoms with Crippen LogP contribution in [0.4, 0.5) is 4.39 Å². The molecular formula is C17H9BrFNO4. The van der Waals surface area contributed by atoms with Gasteiger partial charge in [0.1, 0.15) is 5.82 Å². The smallest absolute Gasteiger partial charge is 0.363 e. The number of ether oxygens (including phenoxy) is 3. The number of nitrogens with zero attached hydrogens (tertiary/aromatic N) is 1. The molecule has 0 radical (unpaired) electrons. The van der Waals surface area contributed by atoms with Crippen LogP contribution >= 0.6 is 15.9 Å². The average Bonchev–Trinajstić information content (AvgIpc) is 3.15. The van der Waals surface area contributed by atoms with Crippen molar-refractivity contribution < 1.29 is 23.4 Å². The van der Waals surface area contributed by atoms with Crippen LogP contribution in [-0.4, -0.2) is 18.7 Å². The molecule has 0 fully saturated rings. The van der Waals surface area contributed by atoms with Crippen LogP contribution in [0, 0.1) is 5.82 Å². The topological polar surface area (TPSA) is 57.1 Å². The van der Waals surface area contributed by atoms with Crippen LogP contribution in [0.15, 0.2) is 51.6 Å². The van der Waals surface area contributed by atoms with Gasteiger partial charge in [0.15, 0.2) is 17.2 Å². The number of aliphatic imine (C=N–C) groups is 1. The fraction of sp³-hybridized carbons (Fsp3) is 0.0588. The van der Waals surface area contributed by atoms with Crippen molar-refractivity contribution >= 4 is 33.9 Å². The minimum atomic E-state index is -0.637. The standard InChI is InChI=1S/C17H9BrFNO4/c18-11-5-9(7-14-15(11)23-8-22-14)6-13-17(21)24-16(20-13)10-3-1-2-4-12(10)19/h1-7H,8H2/b13-6-. The maximum absolute atomic E-state index is 13.8. The van der Waals surface area contributed by atoms with Crippen LogP contribution in [0.3, 0.4) is 0 Å². The third-order valence-corrected chi connectivity index (χ3v) is 4.07. The Morgan fingerprint density at radius 2 is 2.04 bits per heavy atom. The van der Waals surface area contributed by atoms with Crippen molar-refractivity contribution in [3.05, 3.63) is 63.5 Å². The number of halogens is 2. The van der Waals surface area contributed by atoms with E-state index in [1.165, 1.54) is 12.1 Å². The van der Waals surface area contributed by atoms with E-state index in [9.17, 15) is 9.18 Å². The molecule has 0 saturated carbocycles. The average molecular weight is 390 g/mol. The molecule has 4 rings (SSSR count). The highest BCUT2D eigenvalue weighted by Gasteiger charge is 2.26. The zero-order valence-electron chi connectivity index (χ0n) is 12.1. The van der Waals surface area contributed by atoms with Gasteiger partial charge in [-0.1, -0.05) is 12.1 Å². The van der Waals surface area contributed by atoms with E-state index in [4.69, 9.17) is 14.2 Å². The molecule has 0 aliphatic carbocycles. The summed E-state index contributed by atoms with van der Waals surface area (Å²) in [5.41, 5.74) is 0.900. The SMILES string of the molecule is O=C1OC(c2ccccc2F)=N/C1=C\c1cc(Br)c2c(c1)OCO2. The Balaban J connectivity index is 1.72. The van der Waals surface area contributed by atoms with E-state index in [1.807, 2.05) is 0 Å². The van der Waals surface area contributed by atoms with E-state index in [-0.39, 0.29) is 24.0 Å². The second-order valence-corrected chi connectivity index (χ2v) is 5.91. The highest BCUT2D eigenvalue weighted by molar-refractivity contribution is 9.10. The predicted octanol–water partition coefficient (Wildman–Crippen LogP) is 3.66. The van der Waals surface area contributed by atoms with E-state index in [0.717, 1.165) is 0 Å². The van der Waals surface area contributed by atoms with Gasteiger partial charge >= 0.3 is 5.97 Å².